The minimum atomic E-state index is -0.486. The van der Waals surface area contributed by atoms with Crippen molar-refractivity contribution in [1.29, 1.82) is 0 Å². The zero-order valence-electron chi connectivity index (χ0n) is 10.1. The van der Waals surface area contributed by atoms with Gasteiger partial charge in [-0.3, -0.25) is 10.1 Å². The van der Waals surface area contributed by atoms with E-state index >= 15 is 0 Å². The van der Waals surface area contributed by atoms with Crippen LogP contribution in [0, 0.1) is 10.1 Å². The first kappa shape index (κ1) is 14.5. The minimum Gasteiger partial charge on any atom is -0.370 e. The number of nitrogens with zero attached hydrogens (tertiary/aromatic N) is 2. The van der Waals surface area contributed by atoms with E-state index in [0.29, 0.717) is 12.4 Å². The highest BCUT2D eigenvalue weighted by atomic mass is 79.9. The van der Waals surface area contributed by atoms with Crippen molar-refractivity contribution in [3.05, 3.63) is 38.8 Å². The van der Waals surface area contributed by atoms with Crippen molar-refractivity contribution in [2.75, 3.05) is 13.6 Å². The molecule has 1 rings (SSSR count). The quantitative estimate of drug-likeness (QED) is 0.382. The lowest BCUT2D eigenvalue weighted by atomic mass is 10.2. The lowest BCUT2D eigenvalue weighted by Gasteiger charge is -2.07. The fraction of sp³-hybridized carbons (Fsp3) is 0.500. The van der Waals surface area contributed by atoms with E-state index < -0.39 is 4.92 Å². The summed E-state index contributed by atoms with van der Waals surface area (Å²) in [6.45, 7) is 0.687. The van der Waals surface area contributed by atoms with Crippen molar-refractivity contribution in [2.24, 2.45) is 0 Å². The van der Waals surface area contributed by atoms with Crippen LogP contribution in [0.3, 0.4) is 0 Å². The standard InChI is InChI=1S/C10H16BrN5O2/c1-12-9(6-16(17)18)13-5-3-2-4-8-10(11)15-7-14-8/h6-7,12-13H,2-5H2,1H3,(H,14,15)/b9-6-. The monoisotopic (exact) mass is 317 g/mol. The van der Waals surface area contributed by atoms with Crippen LogP contribution in [0.2, 0.25) is 0 Å². The van der Waals surface area contributed by atoms with Crippen molar-refractivity contribution in [3.8, 4) is 0 Å². The van der Waals surface area contributed by atoms with Gasteiger partial charge in [-0.15, -0.1) is 0 Å². The van der Waals surface area contributed by atoms with Crippen LogP contribution in [0.4, 0.5) is 0 Å². The largest absolute Gasteiger partial charge is 0.370 e. The van der Waals surface area contributed by atoms with Gasteiger partial charge in [0.25, 0.3) is 6.20 Å². The number of nitro groups is 1. The summed E-state index contributed by atoms with van der Waals surface area (Å²) in [4.78, 5) is 16.9. The maximum atomic E-state index is 10.3. The molecule has 0 saturated carbocycles. The first-order chi connectivity index (χ1) is 8.63. The van der Waals surface area contributed by atoms with Crippen molar-refractivity contribution in [1.82, 2.24) is 20.6 Å². The Morgan fingerprint density at radius 2 is 2.44 bits per heavy atom. The van der Waals surface area contributed by atoms with Crippen LogP contribution in [0.1, 0.15) is 18.5 Å². The Hall–Kier alpha value is -1.57. The Kier molecular flexibility index (Phi) is 6.20. The van der Waals surface area contributed by atoms with Gasteiger partial charge >= 0.3 is 0 Å². The molecular formula is C10H16BrN5O2. The van der Waals surface area contributed by atoms with E-state index in [1.807, 2.05) is 0 Å². The summed E-state index contributed by atoms with van der Waals surface area (Å²) < 4.78 is 0.847. The molecular weight excluding hydrogens is 302 g/mol. The third kappa shape index (κ3) is 5.17. The van der Waals surface area contributed by atoms with Gasteiger partial charge in [-0.2, -0.15) is 0 Å². The average Bonchev–Trinajstić information content (AvgIpc) is 2.72. The number of aromatic nitrogens is 2. The SMILES string of the molecule is CN/C(=C/[N+](=O)[O-])NCCCCc1[nH]cnc1Br. The molecule has 0 saturated heterocycles. The Morgan fingerprint density at radius 1 is 1.67 bits per heavy atom. The molecule has 7 nitrogen and oxygen atoms in total. The van der Waals surface area contributed by atoms with Crippen LogP contribution in [0.15, 0.2) is 23.0 Å². The molecule has 0 unspecified atom stereocenters. The topological polar surface area (TPSA) is 95.9 Å². The lowest BCUT2D eigenvalue weighted by molar-refractivity contribution is -0.404. The van der Waals surface area contributed by atoms with E-state index in [1.165, 1.54) is 0 Å². The van der Waals surface area contributed by atoms with Gasteiger partial charge in [0.1, 0.15) is 4.60 Å². The number of aryl methyl sites for hydroxylation is 1. The third-order valence-electron chi connectivity index (χ3n) is 2.34. The lowest BCUT2D eigenvalue weighted by Crippen LogP contribution is -2.25. The van der Waals surface area contributed by atoms with Crippen molar-refractivity contribution >= 4 is 15.9 Å². The average molecular weight is 318 g/mol. The number of aromatic amines is 1. The second kappa shape index (κ2) is 7.70. The Morgan fingerprint density at radius 3 is 3.00 bits per heavy atom. The second-order valence-electron chi connectivity index (χ2n) is 3.63. The highest BCUT2D eigenvalue weighted by Crippen LogP contribution is 2.12. The Bertz CT molecular complexity index is 418. The molecule has 0 spiro atoms. The fourth-order valence-corrected chi connectivity index (χ4v) is 1.85. The predicted molar refractivity (Wildman–Crippen MR) is 71.4 cm³/mol. The summed E-state index contributed by atoms with van der Waals surface area (Å²) in [5, 5.41) is 16.0. The Labute approximate surface area is 113 Å². The van der Waals surface area contributed by atoms with E-state index in [2.05, 4.69) is 36.5 Å². The number of hydrogen-bond donors (Lipinski definition) is 3. The third-order valence-corrected chi connectivity index (χ3v) is 3.02. The molecule has 0 aliphatic carbocycles. The van der Waals surface area contributed by atoms with Crippen LogP contribution in [0.5, 0.6) is 0 Å². The maximum absolute atomic E-state index is 10.3. The van der Waals surface area contributed by atoms with Crippen LogP contribution < -0.4 is 10.6 Å². The summed E-state index contributed by atoms with van der Waals surface area (Å²) in [7, 11) is 1.64. The van der Waals surface area contributed by atoms with Gasteiger partial charge in [0.15, 0.2) is 5.82 Å². The van der Waals surface area contributed by atoms with E-state index in [4.69, 9.17) is 0 Å². The molecule has 0 amide bonds. The Balaban J connectivity index is 2.19. The van der Waals surface area contributed by atoms with Gasteiger partial charge in [-0.05, 0) is 35.2 Å². The van der Waals surface area contributed by atoms with Crippen molar-refractivity contribution < 1.29 is 4.92 Å². The molecule has 1 aromatic heterocycles. The van der Waals surface area contributed by atoms with Gasteiger partial charge in [0, 0.05) is 19.3 Å². The molecule has 1 aromatic rings. The summed E-state index contributed by atoms with van der Waals surface area (Å²) in [6, 6.07) is 0. The predicted octanol–water partition coefficient (Wildman–Crippen LogP) is 1.38. The molecule has 0 fully saturated rings. The summed E-state index contributed by atoms with van der Waals surface area (Å²) in [6.07, 6.45) is 5.36. The van der Waals surface area contributed by atoms with Gasteiger partial charge in [-0.25, -0.2) is 4.98 Å². The number of H-pyrrole nitrogens is 1. The molecule has 0 aromatic carbocycles. The molecule has 0 bridgehead atoms. The molecule has 1 heterocycles. The van der Waals surface area contributed by atoms with Gasteiger partial charge in [0.05, 0.1) is 11.3 Å². The summed E-state index contributed by atoms with van der Waals surface area (Å²) in [5.74, 6) is 0.419. The highest BCUT2D eigenvalue weighted by Gasteiger charge is 2.02. The number of nitrogens with one attached hydrogen (secondary N) is 3. The van der Waals surface area contributed by atoms with E-state index in [0.717, 1.165) is 35.8 Å². The second-order valence-corrected chi connectivity index (χ2v) is 4.39. The molecule has 18 heavy (non-hydrogen) atoms. The van der Waals surface area contributed by atoms with E-state index in [9.17, 15) is 10.1 Å². The highest BCUT2D eigenvalue weighted by molar-refractivity contribution is 9.10. The zero-order chi connectivity index (χ0) is 13.4. The number of imidazole rings is 1. The molecule has 0 aliphatic rings. The number of hydrogen-bond acceptors (Lipinski definition) is 5. The maximum Gasteiger partial charge on any atom is 0.274 e. The van der Waals surface area contributed by atoms with Gasteiger partial charge in [-0.1, -0.05) is 0 Å². The molecule has 100 valence electrons. The smallest absolute Gasteiger partial charge is 0.274 e. The number of unbranched alkanes of at least 4 members (excludes halogenated alkanes) is 1. The van der Waals surface area contributed by atoms with Crippen LogP contribution in [0.25, 0.3) is 0 Å². The normalized spacial score (nSPS) is 11.3. The van der Waals surface area contributed by atoms with Crippen LogP contribution in [-0.2, 0) is 6.42 Å². The fourth-order valence-electron chi connectivity index (χ4n) is 1.43. The van der Waals surface area contributed by atoms with Crippen molar-refractivity contribution in [2.45, 2.75) is 19.3 Å². The first-order valence-electron chi connectivity index (χ1n) is 5.58. The molecule has 3 N–H and O–H groups in total. The molecule has 0 atom stereocenters. The minimum absolute atomic E-state index is 0.419. The molecule has 8 heteroatoms. The van der Waals surface area contributed by atoms with Crippen LogP contribution in [-0.4, -0.2) is 28.5 Å². The molecule has 0 aliphatic heterocycles. The first-order valence-corrected chi connectivity index (χ1v) is 6.37. The van der Waals surface area contributed by atoms with E-state index in [1.54, 1.807) is 13.4 Å². The summed E-state index contributed by atoms with van der Waals surface area (Å²) >= 11 is 3.34. The number of halogens is 1. The number of rotatable bonds is 8. The van der Waals surface area contributed by atoms with Gasteiger partial charge in [0.2, 0.25) is 0 Å². The van der Waals surface area contributed by atoms with Crippen molar-refractivity contribution in [3.63, 3.8) is 0 Å². The summed E-state index contributed by atoms with van der Waals surface area (Å²) in [5.41, 5.74) is 1.07. The van der Waals surface area contributed by atoms with Gasteiger partial charge < -0.3 is 15.6 Å². The molecule has 0 radical (unpaired) electrons. The van der Waals surface area contributed by atoms with E-state index in [-0.39, 0.29) is 0 Å². The zero-order valence-corrected chi connectivity index (χ0v) is 11.7. The van der Waals surface area contributed by atoms with Crippen LogP contribution >= 0.6 is 15.9 Å².